The van der Waals surface area contributed by atoms with Gasteiger partial charge in [-0.2, -0.15) is 0 Å². The van der Waals surface area contributed by atoms with Crippen molar-refractivity contribution in [2.24, 2.45) is 0 Å². The molecule has 1 rings (SSSR count). The third-order valence-corrected chi connectivity index (χ3v) is 8.04. The molecule has 1 heteroatoms. The van der Waals surface area contributed by atoms with Crippen LogP contribution in [-0.4, -0.2) is 8.07 Å². The molecule has 0 heterocycles. The molecule has 0 nitrogen and oxygen atoms in total. The zero-order valence-corrected chi connectivity index (χ0v) is 12.6. The monoisotopic (exact) mass is 242 g/mol. The van der Waals surface area contributed by atoms with E-state index < -0.39 is 8.07 Å². The van der Waals surface area contributed by atoms with E-state index in [0.717, 1.165) is 11.1 Å². The Morgan fingerprint density at radius 3 is 2.06 bits per heavy atom. The fourth-order valence-electron chi connectivity index (χ4n) is 1.12. The minimum Gasteiger partial charge on any atom is -0.126 e. The molecule has 0 spiro atoms. The van der Waals surface area contributed by atoms with E-state index in [2.05, 4.69) is 76.2 Å². The van der Waals surface area contributed by atoms with Gasteiger partial charge in [0.25, 0.3) is 0 Å². The van der Waals surface area contributed by atoms with Crippen LogP contribution in [0.4, 0.5) is 0 Å². The maximum atomic E-state index is 3.75. The first-order valence-corrected chi connectivity index (χ1v) is 9.02. The quantitative estimate of drug-likeness (QED) is 0.493. The van der Waals surface area contributed by atoms with Gasteiger partial charge >= 0.3 is 0 Å². The summed E-state index contributed by atoms with van der Waals surface area (Å²) in [6.45, 7) is 15.3. The van der Waals surface area contributed by atoms with E-state index in [1.165, 1.54) is 0 Å². The minimum absolute atomic E-state index is 0.320. The molecule has 0 bridgehead atoms. The Bertz CT molecular complexity index is 447. The number of rotatable bonds is 1. The van der Waals surface area contributed by atoms with Gasteiger partial charge in [-0.05, 0) is 22.7 Å². The molecule has 17 heavy (non-hydrogen) atoms. The summed E-state index contributed by atoms with van der Waals surface area (Å²) in [5.41, 5.74) is 5.75. The lowest BCUT2D eigenvalue weighted by Gasteiger charge is -2.31. The molecule has 0 saturated carbocycles. The Labute approximate surface area is 107 Å². The van der Waals surface area contributed by atoms with Crippen LogP contribution in [0.3, 0.4) is 0 Å². The lowest BCUT2D eigenvalue weighted by Crippen LogP contribution is -2.35. The first-order valence-electron chi connectivity index (χ1n) is 6.02. The van der Waals surface area contributed by atoms with Crippen molar-refractivity contribution in [2.75, 3.05) is 0 Å². The fourth-order valence-corrected chi connectivity index (χ4v) is 1.95. The second-order valence-electron chi connectivity index (χ2n) is 5.95. The Morgan fingerprint density at radius 1 is 1.12 bits per heavy atom. The summed E-state index contributed by atoms with van der Waals surface area (Å²) in [7, 11) is -1.49. The van der Waals surface area contributed by atoms with Crippen LogP contribution >= 0.6 is 0 Å². The average molecular weight is 242 g/mol. The van der Waals surface area contributed by atoms with Crippen molar-refractivity contribution in [1.29, 1.82) is 0 Å². The first kappa shape index (κ1) is 13.8. The molecule has 0 aliphatic rings. The van der Waals surface area contributed by atoms with E-state index in [1.807, 2.05) is 6.08 Å². The van der Waals surface area contributed by atoms with Crippen LogP contribution < -0.4 is 0 Å². The van der Waals surface area contributed by atoms with Crippen molar-refractivity contribution in [3.63, 3.8) is 0 Å². The second kappa shape index (κ2) is 4.94. The van der Waals surface area contributed by atoms with Crippen molar-refractivity contribution in [2.45, 2.75) is 38.9 Å². The molecule has 0 aromatic heterocycles. The third-order valence-electron chi connectivity index (χ3n) is 3.54. The van der Waals surface area contributed by atoms with E-state index in [1.54, 1.807) is 0 Å². The molecule has 90 valence electrons. The van der Waals surface area contributed by atoms with Gasteiger partial charge in [0, 0.05) is 5.56 Å². The third kappa shape index (κ3) is 3.61. The van der Waals surface area contributed by atoms with Crippen molar-refractivity contribution >= 4 is 14.1 Å². The molecule has 0 radical (unpaired) electrons. The largest absolute Gasteiger partial charge is 0.138 e. The maximum absolute atomic E-state index is 3.75. The van der Waals surface area contributed by atoms with Crippen LogP contribution in [0.2, 0.25) is 18.1 Å². The molecule has 0 saturated heterocycles. The van der Waals surface area contributed by atoms with E-state index in [-0.39, 0.29) is 0 Å². The standard InChI is InChI=1S/C16H22Si/c1-7-14-8-10-15(11-9-14)12-13-17(5,6)16(2,3)4/h7-11H,1H2,2-6H3. The zero-order valence-electron chi connectivity index (χ0n) is 11.6. The van der Waals surface area contributed by atoms with E-state index in [0.29, 0.717) is 5.04 Å². The van der Waals surface area contributed by atoms with Gasteiger partial charge in [0.2, 0.25) is 0 Å². The van der Waals surface area contributed by atoms with Gasteiger partial charge in [0.05, 0.1) is 0 Å². The second-order valence-corrected chi connectivity index (χ2v) is 11.0. The normalized spacial score (nSPS) is 11.6. The molecule has 0 N–H and O–H groups in total. The molecule has 0 aliphatic heterocycles. The van der Waals surface area contributed by atoms with E-state index in [9.17, 15) is 0 Å². The molecule has 0 aliphatic carbocycles. The Hall–Kier alpha value is -1.26. The molecule has 1 aromatic rings. The Balaban J connectivity index is 2.95. The number of hydrogen-bond acceptors (Lipinski definition) is 0. The van der Waals surface area contributed by atoms with Crippen LogP contribution in [-0.2, 0) is 0 Å². The summed E-state index contributed by atoms with van der Waals surface area (Å²) in [6.07, 6.45) is 1.85. The highest BCUT2D eigenvalue weighted by Gasteiger charge is 2.33. The highest BCUT2D eigenvalue weighted by atomic mass is 28.3. The highest BCUT2D eigenvalue weighted by Crippen LogP contribution is 2.35. The summed E-state index contributed by atoms with van der Waals surface area (Å²) in [5, 5.41) is 0.320. The summed E-state index contributed by atoms with van der Waals surface area (Å²) < 4.78 is 0. The Kier molecular flexibility index (Phi) is 4.01. The van der Waals surface area contributed by atoms with Gasteiger partial charge in [-0.15, -0.1) is 5.54 Å². The summed E-state index contributed by atoms with van der Waals surface area (Å²) in [5.74, 6) is 3.32. The number of benzene rings is 1. The smallest absolute Gasteiger partial charge is 0.126 e. The van der Waals surface area contributed by atoms with E-state index in [4.69, 9.17) is 0 Å². The van der Waals surface area contributed by atoms with Gasteiger partial charge in [0.1, 0.15) is 8.07 Å². The van der Waals surface area contributed by atoms with Crippen LogP contribution in [0, 0.1) is 11.5 Å². The fraction of sp³-hybridized carbons (Fsp3) is 0.375. The maximum Gasteiger partial charge on any atom is 0.138 e. The molecular formula is C16H22Si. The molecular weight excluding hydrogens is 220 g/mol. The van der Waals surface area contributed by atoms with Gasteiger partial charge < -0.3 is 0 Å². The summed E-state index contributed by atoms with van der Waals surface area (Å²) >= 11 is 0. The van der Waals surface area contributed by atoms with Crippen molar-refractivity contribution in [3.05, 3.63) is 42.0 Å². The van der Waals surface area contributed by atoms with Gasteiger partial charge in [-0.25, -0.2) is 0 Å². The highest BCUT2D eigenvalue weighted by molar-refractivity contribution is 6.87. The SMILES string of the molecule is C=Cc1ccc(C#C[Si](C)(C)C(C)(C)C)cc1. The van der Waals surface area contributed by atoms with Gasteiger partial charge in [-0.1, -0.05) is 64.6 Å². The van der Waals surface area contributed by atoms with Crippen molar-refractivity contribution < 1.29 is 0 Å². The van der Waals surface area contributed by atoms with Crippen LogP contribution in [0.25, 0.3) is 6.08 Å². The predicted molar refractivity (Wildman–Crippen MR) is 80.6 cm³/mol. The van der Waals surface area contributed by atoms with Crippen molar-refractivity contribution in [3.8, 4) is 11.5 Å². The summed E-state index contributed by atoms with van der Waals surface area (Å²) in [6, 6.07) is 8.25. The lowest BCUT2D eigenvalue weighted by atomic mass is 10.1. The average Bonchev–Trinajstić information content (AvgIpc) is 2.25. The van der Waals surface area contributed by atoms with Crippen LogP contribution in [0.15, 0.2) is 30.8 Å². The zero-order chi connectivity index (χ0) is 13.1. The lowest BCUT2D eigenvalue weighted by molar-refractivity contribution is 0.731. The molecule has 0 fully saturated rings. The van der Waals surface area contributed by atoms with Gasteiger partial charge in [-0.3, -0.25) is 0 Å². The van der Waals surface area contributed by atoms with Crippen LogP contribution in [0.5, 0.6) is 0 Å². The first-order chi connectivity index (χ1) is 7.76. The predicted octanol–water partition coefficient (Wildman–Crippen LogP) is 4.73. The molecule has 0 atom stereocenters. The summed E-state index contributed by atoms with van der Waals surface area (Å²) in [4.78, 5) is 0. The Morgan fingerprint density at radius 2 is 1.65 bits per heavy atom. The van der Waals surface area contributed by atoms with Gasteiger partial charge in [0.15, 0.2) is 0 Å². The van der Waals surface area contributed by atoms with E-state index >= 15 is 0 Å². The molecule has 0 unspecified atom stereocenters. The molecule has 0 amide bonds. The minimum atomic E-state index is -1.49. The molecule has 1 aromatic carbocycles. The topological polar surface area (TPSA) is 0 Å². The van der Waals surface area contributed by atoms with Crippen molar-refractivity contribution in [1.82, 2.24) is 0 Å². The van der Waals surface area contributed by atoms with Crippen LogP contribution in [0.1, 0.15) is 31.9 Å². The number of hydrogen-bond donors (Lipinski definition) is 0.